The molecule has 18 heavy (non-hydrogen) atoms. The predicted molar refractivity (Wildman–Crippen MR) is 55.8 cm³/mol. The van der Waals surface area contributed by atoms with Crippen LogP contribution in [0.5, 0.6) is 0 Å². The van der Waals surface area contributed by atoms with Gasteiger partial charge in [0.1, 0.15) is 0 Å². The number of hydrogen-bond acceptors (Lipinski definition) is 3. The Morgan fingerprint density at radius 2 is 2.11 bits per heavy atom. The van der Waals surface area contributed by atoms with Crippen molar-refractivity contribution in [3.63, 3.8) is 0 Å². The van der Waals surface area contributed by atoms with Crippen LogP contribution in [-0.4, -0.2) is 42.3 Å². The maximum atomic E-state index is 13.0. The molecule has 2 unspecified atom stereocenters. The van der Waals surface area contributed by atoms with Crippen LogP contribution in [0.15, 0.2) is 0 Å². The molecule has 1 aliphatic rings. The van der Waals surface area contributed by atoms with E-state index in [1.807, 2.05) is 0 Å². The van der Waals surface area contributed by atoms with E-state index in [9.17, 15) is 22.8 Å². The molecule has 2 atom stereocenters. The topological polar surface area (TPSA) is 78.4 Å². The zero-order valence-electron chi connectivity index (χ0n) is 9.80. The third kappa shape index (κ3) is 2.92. The van der Waals surface area contributed by atoms with Crippen LogP contribution in [0.25, 0.3) is 0 Å². The summed E-state index contributed by atoms with van der Waals surface area (Å²) < 4.78 is 38.9. The zero-order valence-corrected chi connectivity index (χ0v) is 9.80. The molecule has 5 nitrogen and oxygen atoms in total. The molecule has 1 fully saturated rings. The fourth-order valence-electron chi connectivity index (χ4n) is 1.93. The molecule has 1 heterocycles. The molecule has 1 saturated heterocycles. The number of carbonyl (C=O) groups excluding carboxylic acids is 1. The van der Waals surface area contributed by atoms with Crippen molar-refractivity contribution < 1.29 is 27.9 Å². The molecule has 3 N–H and O–H groups in total. The summed E-state index contributed by atoms with van der Waals surface area (Å²) in [6.45, 7) is 1.00. The summed E-state index contributed by atoms with van der Waals surface area (Å²) in [5.74, 6) is -2.33. The summed E-state index contributed by atoms with van der Waals surface area (Å²) in [5.41, 5.74) is -2.44. The highest BCUT2D eigenvalue weighted by Crippen LogP contribution is 2.43. The number of nitrogens with one attached hydrogen (secondary N) is 2. The first-order chi connectivity index (χ1) is 8.19. The van der Waals surface area contributed by atoms with E-state index in [0.717, 1.165) is 0 Å². The molecule has 0 spiro atoms. The van der Waals surface area contributed by atoms with Gasteiger partial charge in [-0.25, -0.2) is 0 Å². The van der Waals surface area contributed by atoms with Crippen LogP contribution in [0.2, 0.25) is 0 Å². The van der Waals surface area contributed by atoms with Crippen molar-refractivity contribution in [3.8, 4) is 0 Å². The molecule has 0 bridgehead atoms. The molecule has 0 aliphatic carbocycles. The minimum Gasteiger partial charge on any atom is -0.481 e. The summed E-state index contributed by atoms with van der Waals surface area (Å²) in [7, 11) is 0. The monoisotopic (exact) mass is 268 g/mol. The number of carboxylic acid groups (broad SMARTS) is 1. The molecule has 1 rings (SSSR count). The van der Waals surface area contributed by atoms with Crippen LogP contribution in [0.4, 0.5) is 13.2 Å². The van der Waals surface area contributed by atoms with Crippen molar-refractivity contribution in [3.05, 3.63) is 0 Å². The average Bonchev–Trinajstić information content (AvgIpc) is 2.63. The molecule has 104 valence electrons. The van der Waals surface area contributed by atoms with Crippen molar-refractivity contribution in [2.75, 3.05) is 13.1 Å². The van der Waals surface area contributed by atoms with E-state index in [1.54, 1.807) is 0 Å². The number of aliphatic carboxylic acids is 1. The molecule has 0 radical (unpaired) electrons. The Hall–Kier alpha value is -1.31. The Bertz CT molecular complexity index is 338. The zero-order chi connectivity index (χ0) is 14.0. The quantitative estimate of drug-likeness (QED) is 0.694. The van der Waals surface area contributed by atoms with Gasteiger partial charge in [0.15, 0.2) is 5.41 Å². The van der Waals surface area contributed by atoms with Gasteiger partial charge in [-0.2, -0.15) is 13.2 Å². The van der Waals surface area contributed by atoms with Gasteiger partial charge in [-0.15, -0.1) is 0 Å². The first-order valence-electron chi connectivity index (χ1n) is 5.49. The van der Waals surface area contributed by atoms with Crippen LogP contribution < -0.4 is 10.6 Å². The number of alkyl halides is 3. The van der Waals surface area contributed by atoms with Gasteiger partial charge in [0.2, 0.25) is 5.91 Å². The number of rotatable bonds is 4. The van der Waals surface area contributed by atoms with Crippen molar-refractivity contribution in [2.45, 2.75) is 32.0 Å². The SMILES string of the molecule is CC(CC(=O)O)NC(=O)C1(C(F)(F)F)CCNC1. The van der Waals surface area contributed by atoms with Crippen molar-refractivity contribution in [1.82, 2.24) is 10.6 Å². The first-order valence-corrected chi connectivity index (χ1v) is 5.49. The summed E-state index contributed by atoms with van der Waals surface area (Å²) in [6.07, 6.45) is -5.39. The third-order valence-corrected chi connectivity index (χ3v) is 2.99. The Morgan fingerprint density at radius 3 is 2.50 bits per heavy atom. The second-order valence-electron chi connectivity index (χ2n) is 4.48. The number of hydrogen-bond donors (Lipinski definition) is 3. The Kier molecular flexibility index (Phi) is 4.20. The number of carboxylic acids is 1. The van der Waals surface area contributed by atoms with Crippen LogP contribution >= 0.6 is 0 Å². The summed E-state index contributed by atoms with van der Waals surface area (Å²) in [5, 5.41) is 13.1. The van der Waals surface area contributed by atoms with Crippen molar-refractivity contribution >= 4 is 11.9 Å². The van der Waals surface area contributed by atoms with Gasteiger partial charge in [-0.05, 0) is 19.9 Å². The van der Waals surface area contributed by atoms with Gasteiger partial charge < -0.3 is 15.7 Å². The van der Waals surface area contributed by atoms with Crippen molar-refractivity contribution in [1.29, 1.82) is 0 Å². The Balaban J connectivity index is 2.76. The molecular formula is C10H15F3N2O3. The van der Waals surface area contributed by atoms with Gasteiger partial charge in [-0.3, -0.25) is 9.59 Å². The number of carbonyl (C=O) groups is 2. The molecule has 8 heteroatoms. The summed E-state index contributed by atoms with van der Waals surface area (Å²) in [4.78, 5) is 22.1. The first kappa shape index (κ1) is 14.7. The molecule has 1 amide bonds. The van der Waals surface area contributed by atoms with E-state index in [4.69, 9.17) is 5.11 Å². The molecular weight excluding hydrogens is 253 g/mol. The van der Waals surface area contributed by atoms with Gasteiger partial charge in [0, 0.05) is 12.6 Å². The smallest absolute Gasteiger partial charge is 0.404 e. The fourth-order valence-corrected chi connectivity index (χ4v) is 1.93. The van der Waals surface area contributed by atoms with Gasteiger partial charge >= 0.3 is 12.1 Å². The lowest BCUT2D eigenvalue weighted by Gasteiger charge is -2.30. The van der Waals surface area contributed by atoms with E-state index in [2.05, 4.69) is 10.6 Å². The summed E-state index contributed by atoms with van der Waals surface area (Å²) in [6, 6.07) is -0.838. The standard InChI is InChI=1S/C10H15F3N2O3/c1-6(4-7(16)17)15-8(18)9(10(11,12)13)2-3-14-5-9/h6,14H,2-5H2,1H3,(H,15,18)(H,16,17). The average molecular weight is 268 g/mol. The largest absolute Gasteiger partial charge is 0.481 e. The highest BCUT2D eigenvalue weighted by atomic mass is 19.4. The highest BCUT2D eigenvalue weighted by Gasteiger charge is 2.61. The van der Waals surface area contributed by atoms with E-state index < -0.39 is 42.5 Å². The Morgan fingerprint density at radius 1 is 1.50 bits per heavy atom. The predicted octanol–water partition coefficient (Wildman–Crippen LogP) is 0.508. The van der Waals surface area contributed by atoms with Crippen molar-refractivity contribution in [2.24, 2.45) is 5.41 Å². The normalized spacial score (nSPS) is 25.8. The van der Waals surface area contributed by atoms with Gasteiger partial charge in [0.05, 0.1) is 6.42 Å². The Labute approximate surface area is 102 Å². The van der Waals surface area contributed by atoms with Crippen LogP contribution in [-0.2, 0) is 9.59 Å². The lowest BCUT2D eigenvalue weighted by molar-refractivity contribution is -0.216. The molecule has 1 aliphatic heterocycles. The van der Waals surface area contributed by atoms with Gasteiger partial charge in [-0.1, -0.05) is 0 Å². The summed E-state index contributed by atoms with van der Waals surface area (Å²) >= 11 is 0. The number of halogens is 3. The minimum absolute atomic E-state index is 0.111. The fraction of sp³-hybridized carbons (Fsp3) is 0.800. The molecule has 0 aromatic heterocycles. The second-order valence-corrected chi connectivity index (χ2v) is 4.48. The number of amides is 1. The van der Waals surface area contributed by atoms with E-state index in [-0.39, 0.29) is 13.0 Å². The van der Waals surface area contributed by atoms with E-state index >= 15 is 0 Å². The van der Waals surface area contributed by atoms with Crippen LogP contribution in [0.3, 0.4) is 0 Å². The molecule has 0 saturated carbocycles. The van der Waals surface area contributed by atoms with E-state index in [0.29, 0.717) is 0 Å². The van der Waals surface area contributed by atoms with Crippen LogP contribution in [0, 0.1) is 5.41 Å². The lowest BCUT2D eigenvalue weighted by atomic mass is 9.85. The molecule has 0 aromatic rings. The molecule has 0 aromatic carbocycles. The maximum absolute atomic E-state index is 13.0. The second kappa shape index (κ2) is 5.13. The third-order valence-electron chi connectivity index (χ3n) is 2.99. The highest BCUT2D eigenvalue weighted by molar-refractivity contribution is 5.85. The van der Waals surface area contributed by atoms with E-state index in [1.165, 1.54) is 6.92 Å². The van der Waals surface area contributed by atoms with Gasteiger partial charge in [0.25, 0.3) is 0 Å². The maximum Gasteiger partial charge on any atom is 0.404 e. The lowest BCUT2D eigenvalue weighted by Crippen LogP contribution is -2.54. The van der Waals surface area contributed by atoms with Crippen LogP contribution in [0.1, 0.15) is 19.8 Å². The minimum atomic E-state index is -4.65.